The molecule has 0 aliphatic heterocycles. The second-order valence-corrected chi connectivity index (χ2v) is 5.77. The molecule has 2 N–H and O–H groups in total. The van der Waals surface area contributed by atoms with Crippen LogP contribution in [0.1, 0.15) is 18.1 Å². The van der Waals surface area contributed by atoms with Gasteiger partial charge in [-0.25, -0.2) is 9.18 Å². The van der Waals surface area contributed by atoms with Crippen molar-refractivity contribution < 1.29 is 23.3 Å². The molecule has 0 saturated heterocycles. The molecule has 112 valence electrons. The molecular formula is C13H13FN2O4S. The fourth-order valence-corrected chi connectivity index (χ4v) is 2.87. The number of nitrogens with one attached hydrogen (secondary N) is 1. The van der Waals surface area contributed by atoms with Crippen LogP contribution in [-0.4, -0.2) is 33.0 Å². The monoisotopic (exact) mass is 312 g/mol. The fraction of sp³-hybridized carbons (Fsp3) is 0.308. The van der Waals surface area contributed by atoms with Crippen molar-refractivity contribution in [1.29, 1.82) is 5.26 Å². The Morgan fingerprint density at radius 2 is 2.19 bits per heavy atom. The van der Waals surface area contributed by atoms with Crippen molar-refractivity contribution >= 4 is 22.7 Å². The lowest BCUT2D eigenvalue weighted by atomic mass is 10.1. The zero-order valence-electron chi connectivity index (χ0n) is 11.1. The fourth-order valence-electron chi connectivity index (χ4n) is 1.60. The first kappa shape index (κ1) is 16.8. The Morgan fingerprint density at radius 1 is 1.52 bits per heavy atom. The topological polar surface area (TPSA) is 107 Å². The molecule has 0 spiro atoms. The van der Waals surface area contributed by atoms with Crippen LogP contribution in [0.3, 0.4) is 0 Å². The summed E-state index contributed by atoms with van der Waals surface area (Å²) in [6.07, 6.45) is 0. The van der Waals surface area contributed by atoms with Gasteiger partial charge in [-0.15, -0.1) is 0 Å². The molecule has 21 heavy (non-hydrogen) atoms. The van der Waals surface area contributed by atoms with Crippen molar-refractivity contribution in [3.05, 3.63) is 35.1 Å². The number of nitriles is 1. The Morgan fingerprint density at radius 3 is 2.71 bits per heavy atom. The number of carboxylic acid groups (broad SMARTS) is 1. The molecule has 1 aromatic carbocycles. The van der Waals surface area contributed by atoms with Crippen molar-refractivity contribution in [3.8, 4) is 6.07 Å². The molecule has 6 nitrogen and oxygen atoms in total. The van der Waals surface area contributed by atoms with Gasteiger partial charge in [0.25, 0.3) is 0 Å². The molecule has 1 aromatic rings. The molecule has 0 aliphatic rings. The van der Waals surface area contributed by atoms with E-state index in [1.807, 2.05) is 0 Å². The standard InChI is InChI=1S/C13H13FN2O4S/c1-8(17)16-12(13(18)19)7-21(20)6-9-2-3-11(14)10(4-9)5-15/h2-4,12H,6-7H2,1H3,(H,16,17)(H,18,19). The highest BCUT2D eigenvalue weighted by Gasteiger charge is 2.21. The summed E-state index contributed by atoms with van der Waals surface area (Å²) in [4.78, 5) is 21.8. The maximum Gasteiger partial charge on any atom is 0.327 e. The molecule has 0 bridgehead atoms. The van der Waals surface area contributed by atoms with Gasteiger partial charge in [0.2, 0.25) is 5.91 Å². The largest absolute Gasteiger partial charge is 0.480 e. The Balaban J connectivity index is 2.74. The first-order valence-electron chi connectivity index (χ1n) is 5.87. The van der Waals surface area contributed by atoms with Crippen LogP contribution in [0, 0.1) is 17.1 Å². The molecule has 0 saturated carbocycles. The SMILES string of the molecule is CC(=O)NC(CS(=O)Cc1ccc(F)c(C#N)c1)C(=O)O. The van der Waals surface area contributed by atoms with Crippen LogP contribution in [0.5, 0.6) is 0 Å². The highest BCUT2D eigenvalue weighted by atomic mass is 32.2. The number of benzene rings is 1. The number of nitrogens with zero attached hydrogens (tertiary/aromatic N) is 1. The lowest BCUT2D eigenvalue weighted by Crippen LogP contribution is -2.43. The number of halogens is 1. The van der Waals surface area contributed by atoms with Gasteiger partial charge >= 0.3 is 5.97 Å². The summed E-state index contributed by atoms with van der Waals surface area (Å²) in [7, 11) is -1.58. The van der Waals surface area contributed by atoms with E-state index in [1.54, 1.807) is 6.07 Å². The molecule has 1 rings (SSSR count). The zero-order chi connectivity index (χ0) is 16.0. The third-order valence-electron chi connectivity index (χ3n) is 2.51. The summed E-state index contributed by atoms with van der Waals surface area (Å²) in [5.74, 6) is -2.79. The smallest absolute Gasteiger partial charge is 0.327 e. The molecule has 8 heteroatoms. The lowest BCUT2D eigenvalue weighted by molar-refractivity contribution is -0.140. The summed E-state index contributed by atoms with van der Waals surface area (Å²) < 4.78 is 25.1. The predicted molar refractivity (Wildman–Crippen MR) is 73.1 cm³/mol. The first-order valence-corrected chi connectivity index (χ1v) is 7.35. The van der Waals surface area contributed by atoms with Gasteiger partial charge in [0.1, 0.15) is 17.9 Å². The van der Waals surface area contributed by atoms with Gasteiger partial charge in [-0.05, 0) is 17.7 Å². The van der Waals surface area contributed by atoms with E-state index in [4.69, 9.17) is 10.4 Å². The van der Waals surface area contributed by atoms with Crippen molar-refractivity contribution in [1.82, 2.24) is 5.32 Å². The molecule has 0 aliphatic carbocycles. The van der Waals surface area contributed by atoms with Crippen molar-refractivity contribution in [2.45, 2.75) is 18.7 Å². The highest BCUT2D eigenvalue weighted by Crippen LogP contribution is 2.11. The highest BCUT2D eigenvalue weighted by molar-refractivity contribution is 7.84. The molecular weight excluding hydrogens is 299 g/mol. The van der Waals surface area contributed by atoms with Crippen LogP contribution < -0.4 is 5.32 Å². The summed E-state index contributed by atoms with van der Waals surface area (Å²) in [5, 5.41) is 19.8. The van der Waals surface area contributed by atoms with Crippen LogP contribution >= 0.6 is 0 Å². The van der Waals surface area contributed by atoms with E-state index in [9.17, 15) is 18.2 Å². The second-order valence-electron chi connectivity index (χ2n) is 4.27. The number of amides is 1. The summed E-state index contributed by atoms with van der Waals surface area (Å²) in [6.45, 7) is 1.16. The molecule has 0 fully saturated rings. The maximum absolute atomic E-state index is 13.1. The molecule has 0 heterocycles. The number of aliphatic carboxylic acids is 1. The average molecular weight is 312 g/mol. The van der Waals surface area contributed by atoms with Crippen molar-refractivity contribution in [2.24, 2.45) is 0 Å². The van der Waals surface area contributed by atoms with Crippen LogP contribution in [0.4, 0.5) is 4.39 Å². The minimum atomic E-state index is -1.58. The minimum absolute atomic E-state index is 0.0294. The van der Waals surface area contributed by atoms with Gasteiger partial charge in [-0.2, -0.15) is 5.26 Å². The number of carboxylic acids is 1. The van der Waals surface area contributed by atoms with Gasteiger partial charge in [0, 0.05) is 23.5 Å². The average Bonchev–Trinajstić information content (AvgIpc) is 2.39. The van der Waals surface area contributed by atoms with Gasteiger partial charge in [0.05, 0.1) is 11.3 Å². The van der Waals surface area contributed by atoms with Gasteiger partial charge in [-0.1, -0.05) is 6.07 Å². The maximum atomic E-state index is 13.1. The minimum Gasteiger partial charge on any atom is -0.480 e. The third kappa shape index (κ3) is 5.31. The molecule has 0 aromatic heterocycles. The summed E-state index contributed by atoms with van der Waals surface area (Å²) >= 11 is 0. The van der Waals surface area contributed by atoms with Crippen molar-refractivity contribution in [3.63, 3.8) is 0 Å². The van der Waals surface area contributed by atoms with Crippen LogP contribution in [0.15, 0.2) is 18.2 Å². The number of carbonyl (C=O) groups excluding carboxylic acids is 1. The third-order valence-corrected chi connectivity index (χ3v) is 3.87. The van der Waals surface area contributed by atoms with Crippen LogP contribution in [0.25, 0.3) is 0 Å². The predicted octanol–water partition coefficient (Wildman–Crippen LogP) is 0.535. The number of rotatable bonds is 6. The van der Waals surface area contributed by atoms with E-state index >= 15 is 0 Å². The number of hydrogen-bond acceptors (Lipinski definition) is 4. The Kier molecular flexibility index (Phi) is 5.99. The quantitative estimate of drug-likeness (QED) is 0.797. The van der Waals surface area contributed by atoms with Crippen LogP contribution in [-0.2, 0) is 26.1 Å². The first-order chi connectivity index (χ1) is 9.83. The van der Waals surface area contributed by atoms with E-state index in [-0.39, 0.29) is 17.1 Å². The molecule has 1 amide bonds. The van der Waals surface area contributed by atoms with Gasteiger partial charge in [0.15, 0.2) is 0 Å². The number of hydrogen-bond donors (Lipinski definition) is 2. The summed E-state index contributed by atoms with van der Waals surface area (Å²) in [6, 6.07) is 4.15. The summed E-state index contributed by atoms with van der Waals surface area (Å²) in [5.41, 5.74) is 0.291. The van der Waals surface area contributed by atoms with E-state index in [2.05, 4.69) is 5.32 Å². The zero-order valence-corrected chi connectivity index (χ0v) is 11.9. The molecule has 2 atom stereocenters. The Labute approximate surface area is 123 Å². The normalized spacial score (nSPS) is 13.0. The van der Waals surface area contributed by atoms with Crippen LogP contribution in [0.2, 0.25) is 0 Å². The molecule has 0 radical (unpaired) electrons. The Bertz CT molecular complexity index is 627. The Hall–Kier alpha value is -2.27. The molecule has 2 unspecified atom stereocenters. The second kappa shape index (κ2) is 7.50. The van der Waals surface area contributed by atoms with E-state index in [1.165, 1.54) is 12.1 Å². The van der Waals surface area contributed by atoms with E-state index in [0.29, 0.717) is 5.56 Å². The van der Waals surface area contributed by atoms with E-state index in [0.717, 1.165) is 13.0 Å². The van der Waals surface area contributed by atoms with Crippen molar-refractivity contribution in [2.75, 3.05) is 5.75 Å². The van der Waals surface area contributed by atoms with Gasteiger partial charge < -0.3 is 10.4 Å². The van der Waals surface area contributed by atoms with Gasteiger partial charge in [-0.3, -0.25) is 9.00 Å². The lowest BCUT2D eigenvalue weighted by Gasteiger charge is -2.12. The number of carbonyl (C=O) groups is 2. The van der Waals surface area contributed by atoms with E-state index < -0.39 is 34.5 Å².